The van der Waals surface area contributed by atoms with Crippen LogP contribution < -0.4 is 10.6 Å². The third-order valence-corrected chi connectivity index (χ3v) is 4.72. The first-order valence-corrected chi connectivity index (χ1v) is 8.92. The lowest BCUT2D eigenvalue weighted by Crippen LogP contribution is -2.38. The van der Waals surface area contributed by atoms with Crippen LogP contribution in [0.2, 0.25) is 0 Å². The second-order valence-electron chi connectivity index (χ2n) is 6.40. The monoisotopic (exact) mass is 456 g/mol. The molecule has 1 fully saturated rings. The van der Waals surface area contributed by atoms with E-state index in [0.717, 1.165) is 30.3 Å². The average Bonchev–Trinajstić information content (AvgIpc) is 3.23. The molecule has 0 saturated carbocycles. The molecule has 0 unspecified atom stereocenters. The second-order valence-corrected chi connectivity index (χ2v) is 6.40. The van der Waals surface area contributed by atoms with Crippen LogP contribution in [0.25, 0.3) is 11.0 Å². The first-order chi connectivity index (χ1) is 11.8. The second kappa shape index (κ2) is 10.0. The maximum atomic E-state index is 5.93. The van der Waals surface area contributed by atoms with E-state index in [1.165, 1.54) is 43.4 Å². The maximum Gasteiger partial charge on any atom is 0.191 e. The number of hydrogen-bond acceptors (Lipinski definition) is 3. The van der Waals surface area contributed by atoms with E-state index in [9.17, 15) is 0 Å². The summed E-state index contributed by atoms with van der Waals surface area (Å²) >= 11 is 0. The van der Waals surface area contributed by atoms with Crippen molar-refractivity contribution in [3.63, 3.8) is 0 Å². The number of hydrogen-bond donors (Lipinski definition) is 2. The molecule has 0 spiro atoms. The molecule has 1 saturated heterocycles. The van der Waals surface area contributed by atoms with Crippen LogP contribution in [0.4, 0.5) is 0 Å². The summed E-state index contributed by atoms with van der Waals surface area (Å²) in [5.41, 5.74) is 2.14. The predicted molar refractivity (Wildman–Crippen MR) is 115 cm³/mol. The van der Waals surface area contributed by atoms with Crippen LogP contribution >= 0.6 is 24.0 Å². The van der Waals surface area contributed by atoms with Crippen molar-refractivity contribution >= 4 is 40.9 Å². The number of halogens is 1. The van der Waals surface area contributed by atoms with Gasteiger partial charge in [-0.1, -0.05) is 18.2 Å². The number of nitrogens with zero attached hydrogens (tertiary/aromatic N) is 2. The molecule has 0 radical (unpaired) electrons. The Labute approximate surface area is 167 Å². The van der Waals surface area contributed by atoms with Gasteiger partial charge in [0.1, 0.15) is 11.3 Å². The Kier molecular flexibility index (Phi) is 8.02. The van der Waals surface area contributed by atoms with Gasteiger partial charge >= 0.3 is 0 Å². The Morgan fingerprint density at radius 2 is 1.96 bits per heavy atom. The standard InChI is InChI=1S/C19H28N4O.HI/c1-15-16-8-3-4-9-17(16)24-18(15)14-22-19(20-2)21-10-7-13-23-11-5-6-12-23;/h3-4,8-9H,5-7,10-14H2,1-2H3,(H2,20,21,22);1H. The van der Waals surface area contributed by atoms with Gasteiger partial charge in [0, 0.05) is 24.5 Å². The summed E-state index contributed by atoms with van der Waals surface area (Å²) in [5.74, 6) is 1.80. The molecule has 1 aromatic heterocycles. The smallest absolute Gasteiger partial charge is 0.191 e. The van der Waals surface area contributed by atoms with Crippen molar-refractivity contribution in [1.82, 2.24) is 15.5 Å². The summed E-state index contributed by atoms with van der Waals surface area (Å²) in [5, 5.41) is 7.92. The molecule has 0 atom stereocenters. The third kappa shape index (κ3) is 5.34. The van der Waals surface area contributed by atoms with E-state index in [0.29, 0.717) is 6.54 Å². The number of benzene rings is 1. The molecule has 5 nitrogen and oxygen atoms in total. The minimum Gasteiger partial charge on any atom is -0.459 e. The van der Waals surface area contributed by atoms with Crippen LogP contribution in [0.5, 0.6) is 0 Å². The van der Waals surface area contributed by atoms with E-state index in [4.69, 9.17) is 4.42 Å². The van der Waals surface area contributed by atoms with Crippen molar-refractivity contribution in [1.29, 1.82) is 0 Å². The quantitative estimate of drug-likeness (QED) is 0.303. The van der Waals surface area contributed by atoms with Crippen LogP contribution in [0.3, 0.4) is 0 Å². The van der Waals surface area contributed by atoms with E-state index >= 15 is 0 Å². The van der Waals surface area contributed by atoms with Crippen LogP contribution in [-0.2, 0) is 6.54 Å². The lowest BCUT2D eigenvalue weighted by atomic mass is 10.1. The molecule has 6 heteroatoms. The predicted octanol–water partition coefficient (Wildman–Crippen LogP) is 3.51. The molecule has 138 valence electrons. The van der Waals surface area contributed by atoms with Gasteiger partial charge < -0.3 is 20.0 Å². The summed E-state index contributed by atoms with van der Waals surface area (Å²) in [6.07, 6.45) is 3.85. The van der Waals surface area contributed by atoms with Gasteiger partial charge in [-0.2, -0.15) is 0 Å². The Morgan fingerprint density at radius 1 is 1.20 bits per heavy atom. The van der Waals surface area contributed by atoms with Crippen molar-refractivity contribution < 1.29 is 4.42 Å². The number of rotatable bonds is 6. The Balaban J connectivity index is 0.00000225. The number of para-hydroxylation sites is 1. The molecule has 2 heterocycles. The number of aliphatic imine (C=N–C) groups is 1. The molecule has 1 aliphatic heterocycles. The van der Waals surface area contributed by atoms with E-state index in [1.54, 1.807) is 7.05 Å². The first-order valence-electron chi connectivity index (χ1n) is 8.92. The minimum atomic E-state index is 0. The lowest BCUT2D eigenvalue weighted by molar-refractivity contribution is 0.334. The van der Waals surface area contributed by atoms with Crippen LogP contribution in [0.15, 0.2) is 33.7 Å². The van der Waals surface area contributed by atoms with Gasteiger partial charge in [0.15, 0.2) is 5.96 Å². The summed E-state index contributed by atoms with van der Waals surface area (Å²) < 4.78 is 5.93. The number of furan rings is 1. The highest BCUT2D eigenvalue weighted by Gasteiger charge is 2.11. The van der Waals surface area contributed by atoms with Crippen LogP contribution in [-0.4, -0.2) is 44.1 Å². The molecule has 3 rings (SSSR count). The van der Waals surface area contributed by atoms with Crippen LogP contribution in [0, 0.1) is 6.92 Å². The summed E-state index contributed by atoms with van der Waals surface area (Å²) in [6, 6.07) is 8.16. The molecule has 1 aromatic carbocycles. The molecule has 25 heavy (non-hydrogen) atoms. The first kappa shape index (κ1) is 20.0. The van der Waals surface area contributed by atoms with Gasteiger partial charge in [0.25, 0.3) is 0 Å². The fourth-order valence-corrected chi connectivity index (χ4v) is 3.29. The third-order valence-electron chi connectivity index (χ3n) is 4.72. The summed E-state index contributed by atoms with van der Waals surface area (Å²) in [6.45, 7) is 7.39. The van der Waals surface area contributed by atoms with Crippen molar-refractivity contribution in [2.45, 2.75) is 32.7 Å². The minimum absolute atomic E-state index is 0. The largest absolute Gasteiger partial charge is 0.459 e. The molecule has 0 amide bonds. The zero-order valence-corrected chi connectivity index (χ0v) is 17.5. The van der Waals surface area contributed by atoms with E-state index in [1.807, 2.05) is 18.2 Å². The van der Waals surface area contributed by atoms with Crippen LogP contribution in [0.1, 0.15) is 30.6 Å². The average molecular weight is 456 g/mol. The molecule has 0 bridgehead atoms. The molecular weight excluding hydrogens is 427 g/mol. The fraction of sp³-hybridized carbons (Fsp3) is 0.526. The lowest BCUT2D eigenvalue weighted by Gasteiger charge is -2.15. The van der Waals surface area contributed by atoms with Crippen molar-refractivity contribution in [2.75, 3.05) is 33.2 Å². The number of fused-ring (bicyclic) bond motifs is 1. The number of nitrogens with one attached hydrogen (secondary N) is 2. The van der Waals surface area contributed by atoms with Crippen molar-refractivity contribution in [3.8, 4) is 0 Å². The number of guanidine groups is 1. The fourth-order valence-electron chi connectivity index (χ4n) is 3.29. The van der Waals surface area contributed by atoms with E-state index < -0.39 is 0 Å². The topological polar surface area (TPSA) is 52.8 Å². The highest BCUT2D eigenvalue weighted by atomic mass is 127. The van der Waals surface area contributed by atoms with E-state index in [2.05, 4.69) is 33.5 Å². The molecule has 2 aromatic rings. The zero-order valence-electron chi connectivity index (χ0n) is 15.2. The van der Waals surface area contributed by atoms with Gasteiger partial charge in [-0.3, -0.25) is 4.99 Å². The number of aryl methyl sites for hydroxylation is 1. The zero-order chi connectivity index (χ0) is 16.8. The van der Waals surface area contributed by atoms with Crippen molar-refractivity contribution in [3.05, 3.63) is 35.6 Å². The normalized spacial score (nSPS) is 15.4. The highest BCUT2D eigenvalue weighted by molar-refractivity contribution is 14.0. The van der Waals surface area contributed by atoms with Crippen molar-refractivity contribution in [2.24, 2.45) is 4.99 Å². The molecule has 0 aliphatic carbocycles. The van der Waals surface area contributed by atoms with Gasteiger partial charge in [-0.15, -0.1) is 24.0 Å². The summed E-state index contributed by atoms with van der Waals surface area (Å²) in [7, 11) is 1.81. The number of likely N-dealkylation sites (tertiary alicyclic amines) is 1. The van der Waals surface area contributed by atoms with Gasteiger partial charge in [0.2, 0.25) is 0 Å². The molecular formula is C19H29IN4O. The van der Waals surface area contributed by atoms with E-state index in [-0.39, 0.29) is 24.0 Å². The molecule has 1 aliphatic rings. The highest BCUT2D eigenvalue weighted by Crippen LogP contribution is 2.24. The maximum absolute atomic E-state index is 5.93. The van der Waals surface area contributed by atoms with Gasteiger partial charge in [-0.25, -0.2) is 0 Å². The van der Waals surface area contributed by atoms with Gasteiger partial charge in [-0.05, 0) is 51.9 Å². The Bertz CT molecular complexity index is 692. The Morgan fingerprint density at radius 3 is 2.68 bits per heavy atom. The Hall–Kier alpha value is -1.28. The molecule has 2 N–H and O–H groups in total. The summed E-state index contributed by atoms with van der Waals surface area (Å²) in [4.78, 5) is 6.83. The SMILES string of the molecule is CN=C(NCCCN1CCCC1)NCc1oc2ccccc2c1C.I. The van der Waals surface area contributed by atoms with Gasteiger partial charge in [0.05, 0.1) is 6.54 Å².